The Morgan fingerprint density at radius 2 is 2.29 bits per heavy atom. The first-order chi connectivity index (χ1) is 6.84. The van der Waals surface area contributed by atoms with Crippen LogP contribution in [0.25, 0.3) is 0 Å². The normalized spacial score (nSPS) is 41.3. The highest BCUT2D eigenvalue weighted by atomic mass is 16.2. The zero-order valence-corrected chi connectivity index (χ0v) is 8.54. The second-order valence-corrected chi connectivity index (χ2v) is 5.05. The van der Waals surface area contributed by atoms with E-state index >= 15 is 0 Å². The molecule has 14 heavy (non-hydrogen) atoms. The molecule has 0 aromatic carbocycles. The van der Waals surface area contributed by atoms with Crippen molar-refractivity contribution in [2.45, 2.75) is 19.3 Å². The largest absolute Gasteiger partial charge is 0.342 e. The summed E-state index contributed by atoms with van der Waals surface area (Å²) in [5.41, 5.74) is 0. The van der Waals surface area contributed by atoms with E-state index in [0.29, 0.717) is 11.8 Å². The lowest BCUT2D eigenvalue weighted by molar-refractivity contribution is -0.133. The van der Waals surface area contributed by atoms with E-state index in [-0.39, 0.29) is 0 Å². The Balaban J connectivity index is 1.60. The lowest BCUT2D eigenvalue weighted by Crippen LogP contribution is -2.33. The molecule has 2 saturated heterocycles. The van der Waals surface area contributed by atoms with Crippen LogP contribution in [-0.4, -0.2) is 37.0 Å². The molecule has 3 heteroatoms. The number of amides is 1. The fourth-order valence-corrected chi connectivity index (χ4v) is 3.07. The maximum atomic E-state index is 11.9. The first kappa shape index (κ1) is 8.72. The number of rotatable bonds is 2. The van der Waals surface area contributed by atoms with Crippen molar-refractivity contribution in [1.29, 1.82) is 0 Å². The summed E-state index contributed by atoms with van der Waals surface area (Å²) in [5, 5.41) is 3.36. The molecule has 0 aromatic heterocycles. The predicted octanol–water partition coefficient (Wildman–Crippen LogP) is 0.464. The molecule has 1 aliphatic carbocycles. The third-order valence-corrected chi connectivity index (χ3v) is 4.14. The van der Waals surface area contributed by atoms with Gasteiger partial charge in [0.25, 0.3) is 0 Å². The molecule has 78 valence electrons. The molecule has 0 bridgehead atoms. The van der Waals surface area contributed by atoms with Crippen molar-refractivity contribution in [3.8, 4) is 0 Å². The summed E-state index contributed by atoms with van der Waals surface area (Å²) in [6.45, 7) is 4.32. The third kappa shape index (κ3) is 1.26. The topological polar surface area (TPSA) is 32.3 Å². The number of fused-ring (bicyclic) bond motifs is 1. The van der Waals surface area contributed by atoms with Crippen LogP contribution in [0.3, 0.4) is 0 Å². The molecule has 1 saturated carbocycles. The molecule has 1 N–H and O–H groups in total. The number of nitrogens with zero attached hydrogens (tertiary/aromatic N) is 1. The molecule has 3 fully saturated rings. The Morgan fingerprint density at radius 1 is 1.36 bits per heavy atom. The van der Waals surface area contributed by atoms with E-state index < -0.39 is 0 Å². The van der Waals surface area contributed by atoms with Crippen LogP contribution >= 0.6 is 0 Å². The number of carbonyl (C=O) groups is 1. The van der Waals surface area contributed by atoms with E-state index in [0.717, 1.165) is 44.4 Å². The van der Waals surface area contributed by atoms with E-state index in [1.54, 1.807) is 0 Å². The third-order valence-electron chi connectivity index (χ3n) is 4.14. The maximum Gasteiger partial charge on any atom is 0.226 e. The Kier molecular flexibility index (Phi) is 2.01. The van der Waals surface area contributed by atoms with Gasteiger partial charge in [0, 0.05) is 19.0 Å². The molecule has 3 rings (SSSR count). The van der Waals surface area contributed by atoms with Gasteiger partial charge in [-0.05, 0) is 44.2 Å². The van der Waals surface area contributed by atoms with Crippen molar-refractivity contribution in [3.05, 3.63) is 0 Å². The minimum absolute atomic E-state index is 0.421. The SMILES string of the molecule is O=C1C2CCC2CN1CC1CCNC1. The van der Waals surface area contributed by atoms with Crippen LogP contribution in [0.5, 0.6) is 0 Å². The average molecular weight is 194 g/mol. The summed E-state index contributed by atoms with van der Waals surface area (Å²) < 4.78 is 0. The highest BCUT2D eigenvalue weighted by Gasteiger charge is 2.46. The van der Waals surface area contributed by atoms with Crippen molar-refractivity contribution in [3.63, 3.8) is 0 Å². The summed E-state index contributed by atoms with van der Waals surface area (Å²) in [7, 11) is 0. The summed E-state index contributed by atoms with van der Waals surface area (Å²) >= 11 is 0. The molecule has 2 heterocycles. The number of likely N-dealkylation sites (tertiary alicyclic amines) is 1. The predicted molar refractivity (Wildman–Crippen MR) is 53.8 cm³/mol. The molecule has 2 aliphatic heterocycles. The minimum Gasteiger partial charge on any atom is -0.342 e. The van der Waals surface area contributed by atoms with Crippen LogP contribution in [-0.2, 0) is 4.79 Å². The Hall–Kier alpha value is -0.570. The molecule has 0 radical (unpaired) electrons. The lowest BCUT2D eigenvalue weighted by Gasteiger charge is -2.25. The van der Waals surface area contributed by atoms with Gasteiger partial charge in [-0.15, -0.1) is 0 Å². The summed E-state index contributed by atoms with van der Waals surface area (Å²) in [5.74, 6) is 2.31. The van der Waals surface area contributed by atoms with Crippen LogP contribution in [0, 0.1) is 17.8 Å². The average Bonchev–Trinajstić information content (AvgIpc) is 2.67. The van der Waals surface area contributed by atoms with Gasteiger partial charge in [0.15, 0.2) is 0 Å². The van der Waals surface area contributed by atoms with Gasteiger partial charge in [0.1, 0.15) is 0 Å². The fourth-order valence-electron chi connectivity index (χ4n) is 3.07. The molecule has 0 spiro atoms. The van der Waals surface area contributed by atoms with Crippen LogP contribution < -0.4 is 5.32 Å². The minimum atomic E-state index is 0.421. The maximum absolute atomic E-state index is 11.9. The van der Waals surface area contributed by atoms with Crippen LogP contribution in [0.15, 0.2) is 0 Å². The molecule has 3 unspecified atom stereocenters. The first-order valence-corrected chi connectivity index (χ1v) is 5.84. The molecular weight excluding hydrogens is 176 g/mol. The molecular formula is C11H18N2O. The summed E-state index contributed by atoms with van der Waals surface area (Å²) in [6, 6.07) is 0. The van der Waals surface area contributed by atoms with Gasteiger partial charge in [-0.3, -0.25) is 4.79 Å². The van der Waals surface area contributed by atoms with E-state index in [9.17, 15) is 4.79 Å². The Bertz CT molecular complexity index is 248. The standard InChI is InChI=1S/C11H18N2O/c14-11-10-2-1-9(10)7-13(11)6-8-3-4-12-5-8/h8-10,12H,1-7H2. The number of hydrogen-bond acceptors (Lipinski definition) is 2. The second kappa shape index (κ2) is 3.23. The molecule has 3 atom stereocenters. The van der Waals surface area contributed by atoms with Gasteiger partial charge in [-0.1, -0.05) is 0 Å². The Morgan fingerprint density at radius 3 is 2.79 bits per heavy atom. The number of nitrogens with one attached hydrogen (secondary N) is 1. The van der Waals surface area contributed by atoms with Crippen LogP contribution in [0.2, 0.25) is 0 Å². The van der Waals surface area contributed by atoms with Gasteiger partial charge in [-0.25, -0.2) is 0 Å². The van der Waals surface area contributed by atoms with Gasteiger partial charge < -0.3 is 10.2 Å². The zero-order valence-electron chi connectivity index (χ0n) is 8.54. The molecule has 3 aliphatic rings. The van der Waals surface area contributed by atoms with E-state index in [4.69, 9.17) is 0 Å². The van der Waals surface area contributed by atoms with Gasteiger partial charge in [-0.2, -0.15) is 0 Å². The van der Waals surface area contributed by atoms with Gasteiger partial charge in [0.2, 0.25) is 5.91 Å². The monoisotopic (exact) mass is 194 g/mol. The summed E-state index contributed by atoms with van der Waals surface area (Å²) in [6.07, 6.45) is 3.69. The smallest absolute Gasteiger partial charge is 0.226 e. The molecule has 0 aromatic rings. The zero-order chi connectivity index (χ0) is 9.54. The van der Waals surface area contributed by atoms with Crippen LogP contribution in [0.1, 0.15) is 19.3 Å². The van der Waals surface area contributed by atoms with Crippen molar-refractivity contribution in [2.75, 3.05) is 26.2 Å². The second-order valence-electron chi connectivity index (χ2n) is 5.05. The lowest BCUT2D eigenvalue weighted by atomic mass is 9.76. The number of hydrogen-bond donors (Lipinski definition) is 1. The van der Waals surface area contributed by atoms with Crippen molar-refractivity contribution in [2.24, 2.45) is 17.8 Å². The van der Waals surface area contributed by atoms with Crippen molar-refractivity contribution in [1.82, 2.24) is 10.2 Å². The van der Waals surface area contributed by atoms with E-state index in [1.807, 2.05) is 0 Å². The van der Waals surface area contributed by atoms with Gasteiger partial charge in [0.05, 0.1) is 0 Å². The Labute approximate surface area is 84.8 Å². The molecule has 1 amide bonds. The number of carbonyl (C=O) groups excluding carboxylic acids is 1. The van der Waals surface area contributed by atoms with E-state index in [2.05, 4.69) is 10.2 Å². The highest BCUT2D eigenvalue weighted by Crippen LogP contribution is 2.41. The van der Waals surface area contributed by atoms with E-state index in [1.165, 1.54) is 12.8 Å². The van der Waals surface area contributed by atoms with Gasteiger partial charge >= 0.3 is 0 Å². The fraction of sp³-hybridized carbons (Fsp3) is 0.909. The van der Waals surface area contributed by atoms with Crippen molar-refractivity contribution >= 4 is 5.91 Å². The van der Waals surface area contributed by atoms with Crippen LogP contribution in [0.4, 0.5) is 0 Å². The quantitative estimate of drug-likeness (QED) is 0.693. The molecule has 3 nitrogen and oxygen atoms in total. The van der Waals surface area contributed by atoms with Crippen molar-refractivity contribution < 1.29 is 4.79 Å². The summed E-state index contributed by atoms with van der Waals surface area (Å²) in [4.78, 5) is 14.0. The highest BCUT2D eigenvalue weighted by molar-refractivity contribution is 5.82. The first-order valence-electron chi connectivity index (χ1n) is 5.84.